The third-order valence-corrected chi connectivity index (χ3v) is 7.84. The number of benzene rings is 2. The van der Waals surface area contributed by atoms with Crippen molar-refractivity contribution < 1.29 is 18.0 Å². The Morgan fingerprint density at radius 2 is 1.62 bits per heavy atom. The zero-order chi connectivity index (χ0) is 23.5. The molecule has 3 rings (SSSR count). The third-order valence-electron chi connectivity index (χ3n) is 5.62. The molecule has 32 heavy (non-hydrogen) atoms. The number of nitrogens with one attached hydrogen (secondary N) is 2. The van der Waals surface area contributed by atoms with Gasteiger partial charge in [-0.15, -0.1) is 0 Å². The van der Waals surface area contributed by atoms with Crippen molar-refractivity contribution in [1.29, 1.82) is 0 Å². The molecule has 1 unspecified atom stereocenters. The van der Waals surface area contributed by atoms with Crippen molar-refractivity contribution in [3.8, 4) is 0 Å². The highest BCUT2D eigenvalue weighted by molar-refractivity contribution is 7.89. The van der Waals surface area contributed by atoms with Crippen LogP contribution >= 0.6 is 11.6 Å². The molecule has 1 saturated heterocycles. The Morgan fingerprint density at radius 3 is 2.22 bits per heavy atom. The first-order valence-electron chi connectivity index (χ1n) is 10.5. The largest absolute Gasteiger partial charge is 0.344 e. The summed E-state index contributed by atoms with van der Waals surface area (Å²) in [6, 6.07) is 11.3. The fourth-order valence-electron chi connectivity index (χ4n) is 3.58. The zero-order valence-corrected chi connectivity index (χ0v) is 20.0. The van der Waals surface area contributed by atoms with Gasteiger partial charge in [0.15, 0.2) is 0 Å². The van der Waals surface area contributed by atoms with Crippen LogP contribution in [0.15, 0.2) is 47.4 Å². The Kier molecular flexibility index (Phi) is 7.59. The maximum absolute atomic E-state index is 12.8. The lowest BCUT2D eigenvalue weighted by Gasteiger charge is -2.31. The number of anilines is 1. The summed E-state index contributed by atoms with van der Waals surface area (Å²) in [5, 5.41) is 5.88. The van der Waals surface area contributed by atoms with E-state index in [1.165, 1.54) is 4.31 Å². The monoisotopic (exact) mass is 477 g/mol. The highest BCUT2D eigenvalue weighted by Crippen LogP contribution is 2.25. The quantitative estimate of drug-likeness (QED) is 0.665. The van der Waals surface area contributed by atoms with E-state index in [0.29, 0.717) is 23.6 Å². The highest BCUT2D eigenvalue weighted by atomic mass is 35.5. The third kappa shape index (κ3) is 5.68. The maximum Gasteiger partial charge on any atom is 0.246 e. The Bertz CT molecular complexity index is 1090. The predicted molar refractivity (Wildman–Crippen MR) is 125 cm³/mol. The van der Waals surface area contributed by atoms with Gasteiger partial charge in [-0.25, -0.2) is 8.42 Å². The van der Waals surface area contributed by atoms with Crippen LogP contribution in [-0.4, -0.2) is 43.7 Å². The molecule has 1 atom stereocenters. The van der Waals surface area contributed by atoms with Crippen molar-refractivity contribution in [2.24, 2.45) is 5.92 Å². The molecule has 0 bridgehead atoms. The van der Waals surface area contributed by atoms with Crippen molar-refractivity contribution >= 4 is 39.1 Å². The summed E-state index contributed by atoms with van der Waals surface area (Å²) in [6.45, 7) is 5.92. The number of sulfonamides is 1. The highest BCUT2D eigenvalue weighted by Gasteiger charge is 2.33. The Hall–Kier alpha value is -2.42. The minimum Gasteiger partial charge on any atom is -0.344 e. The SMILES string of the molecule is Cc1ccc(S(=O)(=O)N2CCC(C(=O)NC(C)C(=O)Nc3ccc(C)cc3Cl)CC2)cc1. The number of aryl methyl sites for hydroxylation is 2. The summed E-state index contributed by atoms with van der Waals surface area (Å²) in [5.74, 6) is -0.976. The summed E-state index contributed by atoms with van der Waals surface area (Å²) in [6.07, 6.45) is 0.796. The van der Waals surface area contributed by atoms with Gasteiger partial charge in [0.25, 0.3) is 0 Å². The fourth-order valence-corrected chi connectivity index (χ4v) is 5.33. The second-order valence-corrected chi connectivity index (χ2v) is 10.5. The van der Waals surface area contributed by atoms with Crippen molar-refractivity contribution in [3.05, 3.63) is 58.6 Å². The van der Waals surface area contributed by atoms with Crippen molar-refractivity contribution in [3.63, 3.8) is 0 Å². The van der Waals surface area contributed by atoms with Gasteiger partial charge in [0, 0.05) is 19.0 Å². The summed E-state index contributed by atoms with van der Waals surface area (Å²) in [7, 11) is -3.58. The van der Waals surface area contributed by atoms with E-state index in [0.717, 1.165) is 11.1 Å². The summed E-state index contributed by atoms with van der Waals surface area (Å²) in [5.41, 5.74) is 2.45. The molecule has 2 aromatic rings. The molecule has 0 aliphatic carbocycles. The molecule has 2 N–H and O–H groups in total. The Balaban J connectivity index is 1.53. The molecule has 0 spiro atoms. The molecular formula is C23H28ClN3O4S. The standard InChI is InChI=1S/C23H28ClN3O4S/c1-15-4-7-19(8-5-15)32(30,31)27-12-10-18(11-13-27)23(29)25-17(3)22(28)26-21-9-6-16(2)14-20(21)24/h4-9,14,17-18H,10-13H2,1-3H3,(H,25,29)(H,26,28). The van der Waals surface area contributed by atoms with Crippen LogP contribution in [0.3, 0.4) is 0 Å². The van der Waals surface area contributed by atoms with Gasteiger partial charge in [-0.1, -0.05) is 35.4 Å². The van der Waals surface area contributed by atoms with Crippen LogP contribution in [0.25, 0.3) is 0 Å². The number of carbonyl (C=O) groups excluding carboxylic acids is 2. The van der Waals surface area contributed by atoms with E-state index < -0.39 is 16.1 Å². The van der Waals surface area contributed by atoms with E-state index in [4.69, 9.17) is 11.6 Å². The smallest absolute Gasteiger partial charge is 0.246 e. The van der Waals surface area contributed by atoms with E-state index in [2.05, 4.69) is 10.6 Å². The van der Waals surface area contributed by atoms with Gasteiger partial charge >= 0.3 is 0 Å². The first-order valence-corrected chi connectivity index (χ1v) is 12.3. The van der Waals surface area contributed by atoms with Gasteiger partial charge < -0.3 is 10.6 Å². The number of rotatable bonds is 6. The van der Waals surface area contributed by atoms with Gasteiger partial charge in [-0.05, 0) is 63.4 Å². The van der Waals surface area contributed by atoms with E-state index in [9.17, 15) is 18.0 Å². The van der Waals surface area contributed by atoms with E-state index in [-0.39, 0.29) is 35.7 Å². The second kappa shape index (κ2) is 10.0. The lowest BCUT2D eigenvalue weighted by Crippen LogP contribution is -2.47. The molecule has 0 aromatic heterocycles. The van der Waals surface area contributed by atoms with Crippen LogP contribution in [0.1, 0.15) is 30.9 Å². The minimum absolute atomic E-state index is 0.255. The first-order chi connectivity index (χ1) is 15.1. The summed E-state index contributed by atoms with van der Waals surface area (Å²) in [4.78, 5) is 25.4. The molecule has 7 nitrogen and oxygen atoms in total. The molecule has 2 amide bonds. The maximum atomic E-state index is 12.8. The fraction of sp³-hybridized carbons (Fsp3) is 0.391. The van der Waals surface area contributed by atoms with Gasteiger partial charge in [-0.3, -0.25) is 9.59 Å². The van der Waals surface area contributed by atoms with Gasteiger partial charge in [0.2, 0.25) is 21.8 Å². The zero-order valence-electron chi connectivity index (χ0n) is 18.4. The minimum atomic E-state index is -3.58. The number of piperidine rings is 1. The van der Waals surface area contributed by atoms with Crippen molar-refractivity contribution in [2.75, 3.05) is 18.4 Å². The van der Waals surface area contributed by atoms with Crippen molar-refractivity contribution in [2.45, 2.75) is 44.6 Å². The molecule has 1 fully saturated rings. The summed E-state index contributed by atoms with van der Waals surface area (Å²) >= 11 is 6.15. The normalized spacial score (nSPS) is 16.4. The van der Waals surface area contributed by atoms with E-state index in [1.54, 1.807) is 43.3 Å². The average Bonchev–Trinajstić information content (AvgIpc) is 2.76. The Morgan fingerprint density at radius 1 is 1.03 bits per heavy atom. The number of halogens is 1. The molecule has 1 aliphatic rings. The molecule has 0 radical (unpaired) electrons. The van der Waals surface area contributed by atoms with Gasteiger partial charge in [0.05, 0.1) is 15.6 Å². The van der Waals surface area contributed by atoms with E-state index >= 15 is 0 Å². The first kappa shape index (κ1) is 24.2. The van der Waals surface area contributed by atoms with Crippen LogP contribution in [-0.2, 0) is 19.6 Å². The van der Waals surface area contributed by atoms with Crippen LogP contribution < -0.4 is 10.6 Å². The predicted octanol–water partition coefficient (Wildman–Crippen LogP) is 3.50. The van der Waals surface area contributed by atoms with Crippen LogP contribution in [0.2, 0.25) is 5.02 Å². The Labute approximate surface area is 194 Å². The average molecular weight is 478 g/mol. The molecule has 1 aliphatic heterocycles. The van der Waals surface area contributed by atoms with Crippen LogP contribution in [0, 0.1) is 19.8 Å². The summed E-state index contributed by atoms with van der Waals surface area (Å²) < 4.78 is 27.1. The number of carbonyl (C=O) groups is 2. The molecule has 2 aromatic carbocycles. The number of hydrogen-bond acceptors (Lipinski definition) is 4. The number of nitrogens with zero attached hydrogens (tertiary/aromatic N) is 1. The number of hydrogen-bond donors (Lipinski definition) is 2. The van der Waals surface area contributed by atoms with Gasteiger partial charge in [0.1, 0.15) is 6.04 Å². The lowest BCUT2D eigenvalue weighted by atomic mass is 9.97. The molecule has 0 saturated carbocycles. The molecule has 9 heteroatoms. The number of amides is 2. The van der Waals surface area contributed by atoms with Gasteiger partial charge in [-0.2, -0.15) is 4.31 Å². The molecular weight excluding hydrogens is 450 g/mol. The van der Waals surface area contributed by atoms with Crippen LogP contribution in [0.5, 0.6) is 0 Å². The molecule has 172 valence electrons. The molecule has 1 heterocycles. The lowest BCUT2D eigenvalue weighted by molar-refractivity contribution is -0.129. The van der Waals surface area contributed by atoms with Crippen LogP contribution in [0.4, 0.5) is 5.69 Å². The van der Waals surface area contributed by atoms with Crippen molar-refractivity contribution in [1.82, 2.24) is 9.62 Å². The van der Waals surface area contributed by atoms with E-state index in [1.807, 2.05) is 19.9 Å². The second-order valence-electron chi connectivity index (χ2n) is 8.19. The topological polar surface area (TPSA) is 95.6 Å².